The molecule has 5 heteroatoms. The van der Waals surface area contributed by atoms with Crippen LogP contribution in [-0.4, -0.2) is 61.8 Å². The Balaban J connectivity index is 1.31. The van der Waals surface area contributed by atoms with Gasteiger partial charge in [-0.3, -0.25) is 0 Å². The van der Waals surface area contributed by atoms with E-state index >= 15 is 0 Å². The molecule has 0 saturated carbocycles. The van der Waals surface area contributed by atoms with E-state index in [9.17, 15) is 4.79 Å². The number of nitrogens with zero attached hydrogens (tertiary/aromatic N) is 2. The zero-order valence-electron chi connectivity index (χ0n) is 15.7. The minimum Gasteiger partial charge on any atom is -0.381 e. The minimum atomic E-state index is 0.0506. The van der Waals surface area contributed by atoms with Crippen LogP contribution >= 0.6 is 0 Å². The van der Waals surface area contributed by atoms with Gasteiger partial charge in [0.25, 0.3) is 0 Å². The summed E-state index contributed by atoms with van der Waals surface area (Å²) >= 11 is 0. The molecule has 1 spiro atoms. The molecular weight excluding hydrogens is 326 g/mol. The molecule has 3 saturated heterocycles. The van der Waals surface area contributed by atoms with Gasteiger partial charge >= 0.3 is 6.03 Å². The van der Waals surface area contributed by atoms with E-state index in [0.717, 1.165) is 50.9 Å². The second-order valence-corrected chi connectivity index (χ2v) is 8.36. The number of rotatable bonds is 3. The number of hydrogen-bond donors (Lipinski definition) is 1. The molecule has 0 bridgehead atoms. The minimum absolute atomic E-state index is 0.0506. The van der Waals surface area contributed by atoms with Gasteiger partial charge in [0, 0.05) is 50.5 Å². The number of amides is 2. The second kappa shape index (κ2) is 7.97. The SMILES string of the molecule is O=C(Nc1ccccc1)N1CC[C@@]2(CCCN(CC3CCOCC3)C2)C1. The van der Waals surface area contributed by atoms with Crippen molar-refractivity contribution in [2.45, 2.75) is 32.1 Å². The Morgan fingerprint density at radius 1 is 1.12 bits per heavy atom. The van der Waals surface area contributed by atoms with Crippen LogP contribution in [0.4, 0.5) is 10.5 Å². The van der Waals surface area contributed by atoms with Crippen LogP contribution in [0.2, 0.25) is 0 Å². The molecule has 0 aromatic heterocycles. The molecule has 142 valence electrons. The van der Waals surface area contributed by atoms with Crippen molar-refractivity contribution in [1.29, 1.82) is 0 Å². The van der Waals surface area contributed by atoms with E-state index in [0.29, 0.717) is 5.41 Å². The average Bonchev–Trinajstić information content (AvgIpc) is 3.07. The highest BCUT2D eigenvalue weighted by molar-refractivity contribution is 5.89. The molecule has 1 atom stereocenters. The molecule has 4 rings (SSSR count). The van der Waals surface area contributed by atoms with Crippen LogP contribution in [0.5, 0.6) is 0 Å². The van der Waals surface area contributed by atoms with Crippen LogP contribution in [0.25, 0.3) is 0 Å². The third-order valence-corrected chi connectivity index (χ3v) is 6.35. The Kier molecular flexibility index (Phi) is 5.46. The first-order valence-corrected chi connectivity index (χ1v) is 10.1. The standard InChI is InChI=1S/C21H31N3O2/c25-20(22-19-5-2-1-3-6-19)24-12-10-21(17-24)9-4-11-23(16-21)15-18-7-13-26-14-8-18/h1-3,5-6,18H,4,7-17H2,(H,22,25)/t21-/m1/s1. The Hall–Kier alpha value is -1.59. The highest BCUT2D eigenvalue weighted by atomic mass is 16.5. The lowest BCUT2D eigenvalue weighted by atomic mass is 9.79. The van der Waals surface area contributed by atoms with Crippen molar-refractivity contribution in [2.24, 2.45) is 11.3 Å². The largest absolute Gasteiger partial charge is 0.381 e. The first kappa shape index (κ1) is 17.8. The summed E-state index contributed by atoms with van der Waals surface area (Å²) in [6.07, 6.45) is 6.06. The fraction of sp³-hybridized carbons (Fsp3) is 0.667. The number of nitrogens with one attached hydrogen (secondary N) is 1. The molecule has 3 aliphatic heterocycles. The third-order valence-electron chi connectivity index (χ3n) is 6.35. The number of likely N-dealkylation sites (tertiary alicyclic amines) is 2. The quantitative estimate of drug-likeness (QED) is 0.901. The van der Waals surface area contributed by atoms with Crippen LogP contribution in [0.3, 0.4) is 0 Å². The first-order chi connectivity index (χ1) is 12.7. The lowest BCUT2D eigenvalue weighted by Gasteiger charge is -2.42. The molecule has 3 fully saturated rings. The fourth-order valence-electron chi connectivity index (χ4n) is 4.93. The van der Waals surface area contributed by atoms with Crippen molar-refractivity contribution in [3.63, 3.8) is 0 Å². The summed E-state index contributed by atoms with van der Waals surface area (Å²) in [6, 6.07) is 9.82. The summed E-state index contributed by atoms with van der Waals surface area (Å²) in [6.45, 7) is 7.21. The number of benzene rings is 1. The van der Waals surface area contributed by atoms with Crippen molar-refractivity contribution in [2.75, 3.05) is 51.3 Å². The van der Waals surface area contributed by atoms with Crippen LogP contribution in [0.15, 0.2) is 30.3 Å². The third kappa shape index (κ3) is 4.21. The van der Waals surface area contributed by atoms with E-state index in [1.54, 1.807) is 0 Å². The van der Waals surface area contributed by atoms with E-state index in [1.165, 1.54) is 38.8 Å². The summed E-state index contributed by atoms with van der Waals surface area (Å²) < 4.78 is 5.50. The number of anilines is 1. The van der Waals surface area contributed by atoms with Gasteiger partial charge in [-0.1, -0.05) is 18.2 Å². The van der Waals surface area contributed by atoms with Crippen molar-refractivity contribution in [3.8, 4) is 0 Å². The van der Waals surface area contributed by atoms with E-state index < -0.39 is 0 Å². The summed E-state index contributed by atoms with van der Waals surface area (Å²) in [7, 11) is 0. The summed E-state index contributed by atoms with van der Waals surface area (Å²) in [5, 5.41) is 3.04. The molecule has 0 unspecified atom stereocenters. The lowest BCUT2D eigenvalue weighted by Crippen LogP contribution is -2.47. The summed E-state index contributed by atoms with van der Waals surface area (Å²) in [5.41, 5.74) is 1.18. The molecule has 26 heavy (non-hydrogen) atoms. The van der Waals surface area contributed by atoms with E-state index in [1.807, 2.05) is 35.2 Å². The predicted octanol–water partition coefficient (Wildman–Crippen LogP) is 3.43. The number of para-hydroxylation sites is 1. The van der Waals surface area contributed by atoms with Crippen molar-refractivity contribution in [3.05, 3.63) is 30.3 Å². The van der Waals surface area contributed by atoms with Gasteiger partial charge in [-0.2, -0.15) is 0 Å². The highest BCUT2D eigenvalue weighted by Crippen LogP contribution is 2.39. The molecule has 1 aromatic rings. The maximum atomic E-state index is 12.6. The zero-order chi connectivity index (χ0) is 17.8. The van der Waals surface area contributed by atoms with Crippen LogP contribution in [0, 0.1) is 11.3 Å². The van der Waals surface area contributed by atoms with Gasteiger partial charge in [0.1, 0.15) is 0 Å². The maximum absolute atomic E-state index is 12.6. The van der Waals surface area contributed by atoms with E-state index in [4.69, 9.17) is 4.74 Å². The Bertz CT molecular complexity index is 603. The number of piperidine rings is 1. The van der Waals surface area contributed by atoms with Crippen LogP contribution < -0.4 is 5.32 Å². The number of hydrogen-bond acceptors (Lipinski definition) is 3. The maximum Gasteiger partial charge on any atom is 0.321 e. The van der Waals surface area contributed by atoms with Gasteiger partial charge in [0.2, 0.25) is 0 Å². The topological polar surface area (TPSA) is 44.8 Å². The fourth-order valence-corrected chi connectivity index (χ4v) is 4.93. The molecule has 0 aliphatic carbocycles. The van der Waals surface area contributed by atoms with E-state index in [2.05, 4.69) is 10.2 Å². The Labute approximate surface area is 156 Å². The van der Waals surface area contributed by atoms with Gasteiger partial charge in [0.15, 0.2) is 0 Å². The number of ether oxygens (including phenoxy) is 1. The van der Waals surface area contributed by atoms with Gasteiger partial charge in [-0.15, -0.1) is 0 Å². The van der Waals surface area contributed by atoms with Gasteiger partial charge in [-0.05, 0) is 56.7 Å². The Morgan fingerprint density at radius 2 is 1.92 bits per heavy atom. The van der Waals surface area contributed by atoms with Gasteiger partial charge in [-0.25, -0.2) is 4.79 Å². The molecule has 1 aromatic carbocycles. The average molecular weight is 357 g/mol. The van der Waals surface area contributed by atoms with Crippen LogP contribution in [0.1, 0.15) is 32.1 Å². The summed E-state index contributed by atoms with van der Waals surface area (Å²) in [5.74, 6) is 0.790. The number of urea groups is 1. The van der Waals surface area contributed by atoms with Gasteiger partial charge in [0.05, 0.1) is 0 Å². The predicted molar refractivity (Wildman–Crippen MR) is 103 cm³/mol. The van der Waals surface area contributed by atoms with Crippen molar-refractivity contribution in [1.82, 2.24) is 9.80 Å². The molecule has 3 heterocycles. The normalized spacial score (nSPS) is 27.8. The monoisotopic (exact) mass is 357 g/mol. The molecule has 3 aliphatic rings. The Morgan fingerprint density at radius 3 is 2.73 bits per heavy atom. The smallest absolute Gasteiger partial charge is 0.321 e. The molecular formula is C21H31N3O2. The molecule has 1 N–H and O–H groups in total. The van der Waals surface area contributed by atoms with Crippen molar-refractivity contribution < 1.29 is 9.53 Å². The molecule has 2 amide bonds. The summed E-state index contributed by atoms with van der Waals surface area (Å²) in [4.78, 5) is 17.3. The van der Waals surface area contributed by atoms with Crippen molar-refractivity contribution >= 4 is 11.7 Å². The molecule has 0 radical (unpaired) electrons. The highest BCUT2D eigenvalue weighted by Gasteiger charge is 2.43. The number of carbonyl (C=O) groups is 1. The van der Waals surface area contributed by atoms with Gasteiger partial charge < -0.3 is 19.9 Å². The lowest BCUT2D eigenvalue weighted by molar-refractivity contribution is 0.0321. The first-order valence-electron chi connectivity index (χ1n) is 10.1. The molecule has 5 nitrogen and oxygen atoms in total. The zero-order valence-corrected chi connectivity index (χ0v) is 15.7. The second-order valence-electron chi connectivity index (χ2n) is 8.36. The van der Waals surface area contributed by atoms with Crippen LogP contribution in [-0.2, 0) is 4.74 Å². The number of carbonyl (C=O) groups excluding carboxylic acids is 1. The van der Waals surface area contributed by atoms with E-state index in [-0.39, 0.29) is 6.03 Å².